The topological polar surface area (TPSA) is 40.7 Å². The summed E-state index contributed by atoms with van der Waals surface area (Å²) in [6.45, 7) is 0. The van der Waals surface area contributed by atoms with Gasteiger partial charge in [-0.15, -0.1) is 0 Å². The van der Waals surface area contributed by atoms with Gasteiger partial charge in [0, 0.05) is 13.5 Å². The number of fused-ring (bicyclic) bond motifs is 1. The van der Waals surface area contributed by atoms with Crippen LogP contribution < -0.4 is 5.32 Å². The molecule has 138 valence electrons. The van der Waals surface area contributed by atoms with E-state index in [4.69, 9.17) is 4.98 Å². The molecule has 0 unspecified atom stereocenters. The molecule has 3 heteroatoms. The van der Waals surface area contributed by atoms with Crippen LogP contribution in [0, 0.1) is 0 Å². The molecule has 0 aliphatic carbocycles. The maximum absolute atomic E-state index is 4.75. The van der Waals surface area contributed by atoms with Crippen molar-refractivity contribution in [2.45, 2.75) is 57.8 Å². The maximum Gasteiger partial charge on any atom is 0.112 e. The van der Waals surface area contributed by atoms with Crippen molar-refractivity contribution in [2.24, 2.45) is 0 Å². The quantitative estimate of drug-likeness (QED) is 0.409. The Morgan fingerprint density at radius 1 is 0.769 bits per heavy atom. The molecule has 0 atom stereocenters. The SMILES string of the molecule is CNc1cccc2[nH]c(CCCCCCCCCc3ccccc3)nc12. The van der Waals surface area contributed by atoms with Crippen LogP contribution in [0.15, 0.2) is 48.5 Å². The van der Waals surface area contributed by atoms with E-state index in [1.807, 2.05) is 7.05 Å². The number of H-pyrrole nitrogens is 1. The summed E-state index contributed by atoms with van der Waals surface area (Å²) in [5.41, 5.74) is 4.76. The molecule has 0 saturated heterocycles. The number of anilines is 1. The lowest BCUT2D eigenvalue weighted by atomic mass is 10.0. The van der Waals surface area contributed by atoms with Crippen molar-refractivity contribution in [3.8, 4) is 0 Å². The number of unbranched alkanes of at least 4 members (excludes halogenated alkanes) is 6. The van der Waals surface area contributed by atoms with Crippen molar-refractivity contribution >= 4 is 16.7 Å². The summed E-state index contributed by atoms with van der Waals surface area (Å²) in [6, 6.07) is 17.1. The Bertz CT molecular complexity index is 777. The van der Waals surface area contributed by atoms with Crippen LogP contribution in [-0.2, 0) is 12.8 Å². The molecule has 0 amide bonds. The van der Waals surface area contributed by atoms with Gasteiger partial charge in [0.2, 0.25) is 0 Å². The highest BCUT2D eigenvalue weighted by Gasteiger charge is 2.06. The number of benzene rings is 2. The van der Waals surface area contributed by atoms with Gasteiger partial charge in [-0.3, -0.25) is 0 Å². The molecule has 0 spiro atoms. The molecule has 3 rings (SSSR count). The standard InChI is InChI=1S/C23H31N3/c1-24-20-16-12-17-21-23(20)26-22(25-21)18-11-6-4-2-3-5-8-13-19-14-9-7-10-15-19/h7,9-10,12,14-17,24H,2-6,8,11,13,18H2,1H3,(H,25,26). The molecule has 0 fully saturated rings. The van der Waals surface area contributed by atoms with Gasteiger partial charge in [-0.05, 0) is 37.0 Å². The predicted molar refractivity (Wildman–Crippen MR) is 112 cm³/mol. The zero-order chi connectivity index (χ0) is 18.0. The Hall–Kier alpha value is -2.29. The first-order valence-corrected chi connectivity index (χ1v) is 10.1. The number of hydrogen-bond acceptors (Lipinski definition) is 2. The summed E-state index contributed by atoms with van der Waals surface area (Å²) < 4.78 is 0. The number of nitrogens with zero attached hydrogens (tertiary/aromatic N) is 1. The van der Waals surface area contributed by atoms with Crippen LogP contribution in [0.5, 0.6) is 0 Å². The fraction of sp³-hybridized carbons (Fsp3) is 0.435. The lowest BCUT2D eigenvalue weighted by Crippen LogP contribution is -1.90. The van der Waals surface area contributed by atoms with Crippen LogP contribution in [0.1, 0.15) is 56.3 Å². The Balaban J connectivity index is 1.27. The Morgan fingerprint density at radius 3 is 2.19 bits per heavy atom. The van der Waals surface area contributed by atoms with E-state index >= 15 is 0 Å². The Labute approximate surface area is 157 Å². The van der Waals surface area contributed by atoms with Gasteiger partial charge in [-0.25, -0.2) is 4.98 Å². The molecular weight excluding hydrogens is 318 g/mol. The highest BCUT2D eigenvalue weighted by molar-refractivity contribution is 5.88. The summed E-state index contributed by atoms with van der Waals surface area (Å²) >= 11 is 0. The molecule has 1 heterocycles. The van der Waals surface area contributed by atoms with E-state index in [9.17, 15) is 0 Å². The molecule has 2 aromatic carbocycles. The average molecular weight is 350 g/mol. The first-order valence-electron chi connectivity index (χ1n) is 10.1. The number of nitrogens with one attached hydrogen (secondary N) is 2. The zero-order valence-corrected chi connectivity index (χ0v) is 15.9. The van der Waals surface area contributed by atoms with E-state index in [0.29, 0.717) is 0 Å². The number of hydrogen-bond donors (Lipinski definition) is 2. The third kappa shape index (κ3) is 5.35. The van der Waals surface area contributed by atoms with E-state index in [2.05, 4.69) is 58.8 Å². The van der Waals surface area contributed by atoms with E-state index in [-0.39, 0.29) is 0 Å². The van der Waals surface area contributed by atoms with Crippen LogP contribution in [0.3, 0.4) is 0 Å². The predicted octanol–water partition coefficient (Wildman–Crippen LogP) is 6.12. The second-order valence-corrected chi connectivity index (χ2v) is 7.10. The molecule has 0 aliphatic rings. The van der Waals surface area contributed by atoms with Crippen LogP contribution in [-0.4, -0.2) is 17.0 Å². The normalized spacial score (nSPS) is 11.1. The summed E-state index contributed by atoms with van der Waals surface area (Å²) in [5, 5.41) is 3.21. The fourth-order valence-electron chi connectivity index (χ4n) is 3.55. The van der Waals surface area contributed by atoms with Gasteiger partial charge in [0.15, 0.2) is 0 Å². The van der Waals surface area contributed by atoms with Gasteiger partial charge in [0.25, 0.3) is 0 Å². The summed E-state index contributed by atoms with van der Waals surface area (Å²) in [6.07, 6.45) is 11.5. The third-order valence-corrected chi connectivity index (χ3v) is 5.05. The van der Waals surface area contributed by atoms with Crippen LogP contribution in [0.25, 0.3) is 11.0 Å². The van der Waals surface area contributed by atoms with Crippen LogP contribution in [0.2, 0.25) is 0 Å². The van der Waals surface area contributed by atoms with Crippen molar-refractivity contribution in [1.82, 2.24) is 9.97 Å². The van der Waals surface area contributed by atoms with E-state index in [0.717, 1.165) is 29.0 Å². The smallest absolute Gasteiger partial charge is 0.112 e. The molecule has 26 heavy (non-hydrogen) atoms. The maximum atomic E-state index is 4.75. The third-order valence-electron chi connectivity index (χ3n) is 5.05. The van der Waals surface area contributed by atoms with E-state index in [1.165, 1.54) is 56.9 Å². The summed E-state index contributed by atoms with van der Waals surface area (Å²) in [4.78, 5) is 8.21. The van der Waals surface area contributed by atoms with Crippen LogP contribution in [0.4, 0.5) is 5.69 Å². The van der Waals surface area contributed by atoms with E-state index < -0.39 is 0 Å². The number of imidazole rings is 1. The minimum absolute atomic E-state index is 1.05. The summed E-state index contributed by atoms with van der Waals surface area (Å²) in [7, 11) is 1.95. The molecule has 1 aromatic heterocycles. The first-order chi connectivity index (χ1) is 12.9. The lowest BCUT2D eigenvalue weighted by molar-refractivity contribution is 0.576. The lowest BCUT2D eigenvalue weighted by Gasteiger charge is -2.02. The molecule has 2 N–H and O–H groups in total. The average Bonchev–Trinajstić information content (AvgIpc) is 3.10. The molecule has 0 radical (unpaired) electrons. The number of aryl methyl sites for hydroxylation is 2. The number of aromatic nitrogens is 2. The largest absolute Gasteiger partial charge is 0.386 e. The second-order valence-electron chi connectivity index (χ2n) is 7.10. The van der Waals surface area contributed by atoms with Gasteiger partial charge in [-0.1, -0.05) is 68.5 Å². The number of para-hydroxylation sites is 1. The first kappa shape index (κ1) is 18.5. The van der Waals surface area contributed by atoms with Crippen molar-refractivity contribution in [2.75, 3.05) is 12.4 Å². The van der Waals surface area contributed by atoms with Gasteiger partial charge < -0.3 is 10.3 Å². The molecule has 3 nitrogen and oxygen atoms in total. The zero-order valence-electron chi connectivity index (χ0n) is 15.9. The van der Waals surface area contributed by atoms with E-state index in [1.54, 1.807) is 0 Å². The molecule has 3 aromatic rings. The Kier molecular flexibility index (Phi) is 7.12. The highest BCUT2D eigenvalue weighted by atomic mass is 14.9. The van der Waals surface area contributed by atoms with Gasteiger partial charge in [0.1, 0.15) is 11.3 Å². The minimum atomic E-state index is 1.05. The molecule has 0 saturated carbocycles. The summed E-state index contributed by atoms with van der Waals surface area (Å²) in [5.74, 6) is 1.12. The highest BCUT2D eigenvalue weighted by Crippen LogP contribution is 2.21. The fourth-order valence-corrected chi connectivity index (χ4v) is 3.55. The number of rotatable bonds is 11. The minimum Gasteiger partial charge on any atom is -0.386 e. The molecular formula is C23H31N3. The van der Waals surface area contributed by atoms with Gasteiger partial charge >= 0.3 is 0 Å². The van der Waals surface area contributed by atoms with Crippen molar-refractivity contribution in [1.29, 1.82) is 0 Å². The van der Waals surface area contributed by atoms with Crippen molar-refractivity contribution in [3.63, 3.8) is 0 Å². The molecule has 0 aliphatic heterocycles. The van der Waals surface area contributed by atoms with Crippen LogP contribution >= 0.6 is 0 Å². The van der Waals surface area contributed by atoms with Crippen molar-refractivity contribution < 1.29 is 0 Å². The second kappa shape index (κ2) is 10.0. The molecule has 0 bridgehead atoms. The Morgan fingerprint density at radius 2 is 1.46 bits per heavy atom. The monoisotopic (exact) mass is 349 g/mol. The van der Waals surface area contributed by atoms with Gasteiger partial charge in [0.05, 0.1) is 11.2 Å². The van der Waals surface area contributed by atoms with Crippen molar-refractivity contribution in [3.05, 3.63) is 59.9 Å². The van der Waals surface area contributed by atoms with Gasteiger partial charge in [-0.2, -0.15) is 0 Å². The number of aromatic amines is 1.